The van der Waals surface area contributed by atoms with Crippen LogP contribution in [-0.4, -0.2) is 37.3 Å². The quantitative estimate of drug-likeness (QED) is 0.314. The van der Waals surface area contributed by atoms with Gasteiger partial charge in [0.05, 0.1) is 22.7 Å². The number of hydrogen-bond donors (Lipinski definition) is 2. The van der Waals surface area contributed by atoms with Gasteiger partial charge in [-0.3, -0.25) is 9.59 Å². The molecular formula is C22H14BrClF10N2O2. The average molecular weight is 644 g/mol. The lowest BCUT2D eigenvalue weighted by atomic mass is 9.95. The second kappa shape index (κ2) is 11.9. The molecule has 0 aliphatic carbocycles. The fraction of sp³-hybridized carbons (Fsp3) is 0.273. The van der Waals surface area contributed by atoms with E-state index in [1.54, 1.807) is 5.32 Å². The fourth-order valence-corrected chi connectivity index (χ4v) is 3.41. The molecule has 2 amide bonds. The van der Waals surface area contributed by atoms with Crippen molar-refractivity contribution in [3.8, 4) is 0 Å². The Hall–Kier alpha value is -2.81. The number of rotatable bonds is 7. The van der Waals surface area contributed by atoms with Crippen molar-refractivity contribution in [1.29, 1.82) is 0 Å². The number of amides is 2. The van der Waals surface area contributed by atoms with Gasteiger partial charge in [0.1, 0.15) is 18.3 Å². The second-order valence-electron chi connectivity index (χ2n) is 7.54. The predicted molar refractivity (Wildman–Crippen MR) is 120 cm³/mol. The standard InChI is InChI=1S/C22H14BrClF10N2O2/c23-15-4-2-10(6-16(15)24)13(21(29,30)31)7-17(25)11-1-3-12(14(5-11)22(32,33)34)19(38)35-8-18(37)36-9-20(26,27)28/h1-7,13H,8-9H2,(H,35,38)(H,36,37)/b17-7-. The molecule has 0 fully saturated rings. The highest BCUT2D eigenvalue weighted by Gasteiger charge is 2.41. The molecule has 0 bridgehead atoms. The summed E-state index contributed by atoms with van der Waals surface area (Å²) in [6, 6.07) is 4.19. The lowest BCUT2D eigenvalue weighted by molar-refractivity contribution is -0.140. The molecule has 38 heavy (non-hydrogen) atoms. The zero-order chi connectivity index (χ0) is 29.1. The van der Waals surface area contributed by atoms with Crippen molar-refractivity contribution < 1.29 is 53.5 Å². The zero-order valence-electron chi connectivity index (χ0n) is 18.4. The van der Waals surface area contributed by atoms with Crippen molar-refractivity contribution >= 4 is 45.2 Å². The summed E-state index contributed by atoms with van der Waals surface area (Å²) < 4.78 is 133. The van der Waals surface area contributed by atoms with Crippen LogP contribution < -0.4 is 10.6 Å². The summed E-state index contributed by atoms with van der Waals surface area (Å²) in [4.78, 5) is 23.5. The molecule has 1 atom stereocenters. The van der Waals surface area contributed by atoms with Gasteiger partial charge >= 0.3 is 18.5 Å². The zero-order valence-corrected chi connectivity index (χ0v) is 20.7. The molecule has 0 saturated carbocycles. The molecule has 0 aliphatic heterocycles. The molecule has 1 unspecified atom stereocenters. The van der Waals surface area contributed by atoms with Gasteiger partial charge in [-0.1, -0.05) is 23.7 Å². The molecule has 2 aromatic rings. The molecule has 0 saturated heterocycles. The van der Waals surface area contributed by atoms with E-state index in [9.17, 15) is 53.5 Å². The lowest BCUT2D eigenvalue weighted by Gasteiger charge is -2.19. The Morgan fingerprint density at radius 2 is 1.58 bits per heavy atom. The van der Waals surface area contributed by atoms with E-state index in [1.165, 1.54) is 11.4 Å². The summed E-state index contributed by atoms with van der Waals surface area (Å²) in [6.45, 7) is -2.87. The normalized spacial score (nSPS) is 13.7. The minimum Gasteiger partial charge on any atom is -0.345 e. The van der Waals surface area contributed by atoms with E-state index >= 15 is 0 Å². The molecular weight excluding hydrogens is 630 g/mol. The highest BCUT2D eigenvalue weighted by Crippen LogP contribution is 2.41. The monoisotopic (exact) mass is 642 g/mol. The molecule has 0 aromatic heterocycles. The first-order chi connectivity index (χ1) is 17.3. The Balaban J connectivity index is 2.38. The summed E-state index contributed by atoms with van der Waals surface area (Å²) >= 11 is 8.78. The molecule has 0 radical (unpaired) electrons. The third-order valence-corrected chi connectivity index (χ3v) is 5.94. The van der Waals surface area contributed by atoms with Crippen LogP contribution in [0.4, 0.5) is 43.9 Å². The number of carbonyl (C=O) groups excluding carboxylic acids is 2. The van der Waals surface area contributed by atoms with Gasteiger partial charge in [0, 0.05) is 10.0 Å². The maximum Gasteiger partial charge on any atom is 0.417 e. The Kier molecular flexibility index (Phi) is 9.86. The molecule has 4 nitrogen and oxygen atoms in total. The van der Waals surface area contributed by atoms with Crippen molar-refractivity contribution in [3.05, 3.63) is 74.2 Å². The van der Waals surface area contributed by atoms with E-state index in [4.69, 9.17) is 11.6 Å². The fourth-order valence-electron chi connectivity index (χ4n) is 2.97. The van der Waals surface area contributed by atoms with Crippen LogP contribution in [-0.2, 0) is 11.0 Å². The van der Waals surface area contributed by atoms with Gasteiger partial charge in [-0.2, -0.15) is 39.5 Å². The van der Waals surface area contributed by atoms with Crippen LogP contribution in [0.1, 0.15) is 33.0 Å². The van der Waals surface area contributed by atoms with Crippen molar-refractivity contribution in [2.45, 2.75) is 24.4 Å². The first-order valence-corrected chi connectivity index (χ1v) is 11.2. The predicted octanol–water partition coefficient (Wildman–Crippen LogP) is 7.19. The molecule has 2 rings (SSSR count). The lowest BCUT2D eigenvalue weighted by Crippen LogP contribution is -2.41. The van der Waals surface area contributed by atoms with Crippen LogP contribution in [0.5, 0.6) is 0 Å². The van der Waals surface area contributed by atoms with Crippen molar-refractivity contribution in [2.75, 3.05) is 13.1 Å². The summed E-state index contributed by atoms with van der Waals surface area (Å²) in [5.74, 6) is -7.20. The Bertz CT molecular complexity index is 1230. The second-order valence-corrected chi connectivity index (χ2v) is 8.80. The number of nitrogens with one attached hydrogen (secondary N) is 2. The number of benzene rings is 2. The molecule has 0 heterocycles. The smallest absolute Gasteiger partial charge is 0.345 e. The van der Waals surface area contributed by atoms with Crippen LogP contribution in [0, 0.1) is 0 Å². The van der Waals surface area contributed by atoms with Gasteiger partial charge in [-0.05, 0) is 51.8 Å². The van der Waals surface area contributed by atoms with Crippen molar-refractivity contribution in [3.63, 3.8) is 0 Å². The number of hydrogen-bond acceptors (Lipinski definition) is 2. The van der Waals surface area contributed by atoms with E-state index in [0.717, 1.165) is 12.1 Å². The Morgan fingerprint density at radius 3 is 2.11 bits per heavy atom. The highest BCUT2D eigenvalue weighted by atomic mass is 79.9. The number of allylic oxidation sites excluding steroid dienone is 1. The van der Waals surface area contributed by atoms with Crippen LogP contribution >= 0.6 is 27.5 Å². The summed E-state index contributed by atoms with van der Waals surface area (Å²) in [5.41, 5.74) is -4.36. The maximum absolute atomic E-state index is 14.8. The largest absolute Gasteiger partial charge is 0.417 e. The van der Waals surface area contributed by atoms with Gasteiger partial charge in [0.2, 0.25) is 5.91 Å². The molecule has 0 aliphatic rings. The Morgan fingerprint density at radius 1 is 0.947 bits per heavy atom. The first kappa shape index (κ1) is 31.4. The van der Waals surface area contributed by atoms with E-state index in [1.807, 2.05) is 0 Å². The molecule has 0 spiro atoms. The molecule has 2 N–H and O–H groups in total. The van der Waals surface area contributed by atoms with Crippen LogP contribution in [0.15, 0.2) is 46.9 Å². The SMILES string of the molecule is O=C(CNC(=O)c1ccc(/C(F)=C/C(c2ccc(Br)c(Cl)c2)C(F)(F)F)cc1C(F)(F)F)NCC(F)(F)F. The van der Waals surface area contributed by atoms with Crippen molar-refractivity contribution in [2.24, 2.45) is 0 Å². The summed E-state index contributed by atoms with van der Waals surface area (Å²) in [6.07, 6.45) is -15.1. The number of carbonyl (C=O) groups is 2. The van der Waals surface area contributed by atoms with E-state index in [-0.39, 0.29) is 21.6 Å². The number of alkyl halides is 9. The molecule has 16 heteroatoms. The van der Waals surface area contributed by atoms with E-state index < -0.39 is 77.4 Å². The van der Waals surface area contributed by atoms with Gasteiger partial charge in [-0.15, -0.1) is 0 Å². The van der Waals surface area contributed by atoms with Gasteiger partial charge in [0.15, 0.2) is 0 Å². The summed E-state index contributed by atoms with van der Waals surface area (Å²) in [5, 5.41) is 2.94. The molecule has 2 aromatic carbocycles. The number of halogens is 12. The van der Waals surface area contributed by atoms with Gasteiger partial charge in [-0.25, -0.2) is 4.39 Å². The Labute approximate surface area is 221 Å². The third-order valence-electron chi connectivity index (χ3n) is 4.71. The van der Waals surface area contributed by atoms with Gasteiger partial charge in [0.25, 0.3) is 5.91 Å². The van der Waals surface area contributed by atoms with E-state index in [0.29, 0.717) is 12.1 Å². The van der Waals surface area contributed by atoms with E-state index in [2.05, 4.69) is 15.9 Å². The van der Waals surface area contributed by atoms with Gasteiger partial charge < -0.3 is 10.6 Å². The molecule has 208 valence electrons. The third kappa shape index (κ3) is 8.89. The minimum absolute atomic E-state index is 0.0415. The van der Waals surface area contributed by atoms with Crippen molar-refractivity contribution in [1.82, 2.24) is 10.6 Å². The minimum atomic E-state index is -5.30. The maximum atomic E-state index is 14.8. The summed E-state index contributed by atoms with van der Waals surface area (Å²) in [7, 11) is 0. The van der Waals surface area contributed by atoms with Crippen LogP contribution in [0.3, 0.4) is 0 Å². The van der Waals surface area contributed by atoms with Crippen LogP contribution in [0.25, 0.3) is 5.83 Å². The van der Waals surface area contributed by atoms with Crippen LogP contribution in [0.2, 0.25) is 5.02 Å². The highest BCUT2D eigenvalue weighted by molar-refractivity contribution is 9.10. The first-order valence-electron chi connectivity index (χ1n) is 10.0. The topological polar surface area (TPSA) is 58.2 Å². The average Bonchev–Trinajstić information content (AvgIpc) is 2.79.